The van der Waals surface area contributed by atoms with Crippen LogP contribution in [-0.4, -0.2) is 16.8 Å². The van der Waals surface area contributed by atoms with Crippen molar-refractivity contribution in [1.82, 2.24) is 4.98 Å². The number of hydrogen-bond acceptors (Lipinski definition) is 2. The number of benzene rings is 2. The Balaban J connectivity index is 1.91. The number of aryl methyl sites for hydroxylation is 2. The first-order valence-corrected chi connectivity index (χ1v) is 9.21. The zero-order chi connectivity index (χ0) is 19.8. The standard InChI is InChI=1S/C22H18ClN3O2/c1-12-11-13(2)24-20(12)19(22(28)26-17-10-6-4-8-15(17)23)18-14-7-3-5-9-16(14)25-21(18)27/h3-11,24H,1-2H3,(H,25,27)(H,26,28)/b19-18+. The second-order valence-corrected chi connectivity index (χ2v) is 7.10. The van der Waals surface area contributed by atoms with Gasteiger partial charge >= 0.3 is 0 Å². The second-order valence-electron chi connectivity index (χ2n) is 6.69. The number of nitrogens with one attached hydrogen (secondary N) is 3. The number of H-pyrrole nitrogens is 1. The Bertz CT molecular complexity index is 1140. The Hall–Kier alpha value is -3.31. The van der Waals surface area contributed by atoms with Gasteiger partial charge in [-0.2, -0.15) is 0 Å². The average Bonchev–Trinajstić information content (AvgIpc) is 3.16. The number of hydrogen-bond donors (Lipinski definition) is 3. The normalized spacial score (nSPS) is 14.5. The van der Waals surface area contributed by atoms with E-state index in [2.05, 4.69) is 15.6 Å². The van der Waals surface area contributed by atoms with E-state index in [0.717, 1.165) is 11.3 Å². The van der Waals surface area contributed by atoms with Gasteiger partial charge in [-0.1, -0.05) is 41.9 Å². The van der Waals surface area contributed by atoms with Crippen LogP contribution in [0.1, 0.15) is 22.5 Å². The van der Waals surface area contributed by atoms with Crippen molar-refractivity contribution in [1.29, 1.82) is 0 Å². The summed E-state index contributed by atoms with van der Waals surface area (Å²) in [6, 6.07) is 16.3. The zero-order valence-electron chi connectivity index (χ0n) is 15.4. The van der Waals surface area contributed by atoms with Crippen LogP contribution in [-0.2, 0) is 9.59 Å². The number of rotatable bonds is 3. The van der Waals surface area contributed by atoms with Crippen LogP contribution in [0.25, 0.3) is 11.1 Å². The maximum atomic E-state index is 13.3. The summed E-state index contributed by atoms with van der Waals surface area (Å²) < 4.78 is 0. The first kappa shape index (κ1) is 18.1. The molecule has 1 aliphatic rings. The van der Waals surface area contributed by atoms with Gasteiger partial charge in [0.2, 0.25) is 0 Å². The topological polar surface area (TPSA) is 74.0 Å². The van der Waals surface area contributed by atoms with E-state index < -0.39 is 5.91 Å². The molecule has 0 unspecified atom stereocenters. The fourth-order valence-corrected chi connectivity index (χ4v) is 3.64. The van der Waals surface area contributed by atoms with Gasteiger partial charge < -0.3 is 15.6 Å². The number of halogens is 1. The highest BCUT2D eigenvalue weighted by Crippen LogP contribution is 2.38. The molecule has 140 valence electrons. The molecule has 3 N–H and O–H groups in total. The van der Waals surface area contributed by atoms with E-state index in [1.54, 1.807) is 24.3 Å². The number of fused-ring (bicyclic) bond motifs is 1. The molecule has 0 aliphatic carbocycles. The number of aromatic nitrogens is 1. The summed E-state index contributed by atoms with van der Waals surface area (Å²) in [5.41, 5.74) is 4.89. The molecule has 1 aliphatic heterocycles. The minimum Gasteiger partial charge on any atom is -0.358 e. The van der Waals surface area contributed by atoms with Gasteiger partial charge in [-0.25, -0.2) is 0 Å². The first-order valence-electron chi connectivity index (χ1n) is 8.83. The third-order valence-corrected chi connectivity index (χ3v) is 5.00. The Labute approximate surface area is 167 Å². The van der Waals surface area contributed by atoms with Crippen LogP contribution < -0.4 is 10.6 Å². The Morgan fingerprint density at radius 2 is 1.75 bits per heavy atom. The van der Waals surface area contributed by atoms with Crippen molar-refractivity contribution in [2.45, 2.75) is 13.8 Å². The largest absolute Gasteiger partial charge is 0.358 e. The molecule has 0 saturated heterocycles. The second kappa shape index (κ2) is 7.02. The third-order valence-electron chi connectivity index (χ3n) is 4.67. The maximum Gasteiger partial charge on any atom is 0.258 e. The number of aromatic amines is 1. The molecule has 3 aromatic rings. The number of carbonyl (C=O) groups excluding carboxylic acids is 2. The van der Waals surface area contributed by atoms with Crippen LogP contribution in [0.4, 0.5) is 11.4 Å². The monoisotopic (exact) mass is 391 g/mol. The number of amides is 2. The molecule has 2 amide bonds. The Morgan fingerprint density at radius 1 is 1.04 bits per heavy atom. The van der Waals surface area contributed by atoms with E-state index in [0.29, 0.717) is 33.2 Å². The molecule has 0 radical (unpaired) electrons. The molecular weight excluding hydrogens is 374 g/mol. The molecule has 0 spiro atoms. The minimum absolute atomic E-state index is 0.285. The van der Waals surface area contributed by atoms with Crippen molar-refractivity contribution in [2.24, 2.45) is 0 Å². The van der Waals surface area contributed by atoms with Crippen molar-refractivity contribution in [2.75, 3.05) is 10.6 Å². The van der Waals surface area contributed by atoms with Gasteiger partial charge in [0.05, 0.1) is 27.6 Å². The highest BCUT2D eigenvalue weighted by Gasteiger charge is 2.32. The summed E-state index contributed by atoms with van der Waals surface area (Å²) in [6.45, 7) is 3.81. The molecule has 0 bridgehead atoms. The quantitative estimate of drug-likeness (QED) is 0.562. The smallest absolute Gasteiger partial charge is 0.258 e. The first-order chi connectivity index (χ1) is 13.5. The van der Waals surface area contributed by atoms with E-state index in [4.69, 9.17) is 11.6 Å². The van der Waals surface area contributed by atoms with E-state index in [9.17, 15) is 9.59 Å². The number of para-hydroxylation sites is 2. The summed E-state index contributed by atoms with van der Waals surface area (Å²) in [6.07, 6.45) is 0. The van der Waals surface area contributed by atoms with Crippen LogP contribution in [0.2, 0.25) is 5.02 Å². The van der Waals surface area contributed by atoms with Crippen LogP contribution in [0, 0.1) is 13.8 Å². The molecule has 0 atom stereocenters. The zero-order valence-corrected chi connectivity index (χ0v) is 16.1. The number of anilines is 2. The lowest BCUT2D eigenvalue weighted by Crippen LogP contribution is -2.18. The Morgan fingerprint density at radius 3 is 2.46 bits per heavy atom. The van der Waals surface area contributed by atoms with Gasteiger partial charge in [-0.15, -0.1) is 0 Å². The molecule has 28 heavy (non-hydrogen) atoms. The summed E-state index contributed by atoms with van der Waals surface area (Å²) >= 11 is 6.21. The molecular formula is C22H18ClN3O2. The molecule has 0 saturated carbocycles. The number of carbonyl (C=O) groups is 2. The van der Waals surface area contributed by atoms with Crippen molar-refractivity contribution in [3.05, 3.63) is 82.1 Å². The third kappa shape index (κ3) is 3.10. The van der Waals surface area contributed by atoms with Crippen molar-refractivity contribution in [3.63, 3.8) is 0 Å². The summed E-state index contributed by atoms with van der Waals surface area (Å²) in [7, 11) is 0. The van der Waals surface area contributed by atoms with Crippen LogP contribution in [0.3, 0.4) is 0 Å². The van der Waals surface area contributed by atoms with Crippen molar-refractivity contribution >= 4 is 45.9 Å². The highest BCUT2D eigenvalue weighted by molar-refractivity contribution is 6.47. The van der Waals surface area contributed by atoms with Crippen LogP contribution in [0.15, 0.2) is 54.6 Å². The van der Waals surface area contributed by atoms with Crippen LogP contribution in [0.5, 0.6) is 0 Å². The molecule has 0 fully saturated rings. The predicted molar refractivity (Wildman–Crippen MR) is 112 cm³/mol. The van der Waals surface area contributed by atoms with Gasteiger partial charge in [-0.05, 0) is 43.7 Å². The van der Waals surface area contributed by atoms with E-state index in [1.165, 1.54) is 0 Å². The molecule has 2 aromatic carbocycles. The van der Waals surface area contributed by atoms with Gasteiger partial charge in [0, 0.05) is 16.9 Å². The minimum atomic E-state index is -0.403. The summed E-state index contributed by atoms with van der Waals surface area (Å²) in [5.74, 6) is -0.711. The van der Waals surface area contributed by atoms with Gasteiger partial charge in [0.25, 0.3) is 11.8 Å². The van der Waals surface area contributed by atoms with Crippen LogP contribution >= 0.6 is 11.6 Å². The van der Waals surface area contributed by atoms with E-state index in [-0.39, 0.29) is 11.5 Å². The lowest BCUT2D eigenvalue weighted by molar-refractivity contribution is -0.112. The van der Waals surface area contributed by atoms with Gasteiger partial charge in [0.1, 0.15) is 0 Å². The predicted octanol–water partition coefficient (Wildman–Crippen LogP) is 4.79. The van der Waals surface area contributed by atoms with Crippen molar-refractivity contribution < 1.29 is 9.59 Å². The highest BCUT2D eigenvalue weighted by atomic mass is 35.5. The molecule has 6 heteroatoms. The fourth-order valence-electron chi connectivity index (χ4n) is 3.45. The van der Waals surface area contributed by atoms with Gasteiger partial charge in [-0.3, -0.25) is 9.59 Å². The Kier molecular flexibility index (Phi) is 4.53. The summed E-state index contributed by atoms with van der Waals surface area (Å²) in [5, 5.41) is 6.11. The molecule has 1 aromatic heterocycles. The fraction of sp³-hybridized carbons (Fsp3) is 0.0909. The molecule has 5 nitrogen and oxygen atoms in total. The molecule has 2 heterocycles. The molecule has 4 rings (SSSR count). The van der Waals surface area contributed by atoms with E-state index >= 15 is 0 Å². The lowest BCUT2D eigenvalue weighted by Gasteiger charge is -2.13. The van der Waals surface area contributed by atoms with E-state index in [1.807, 2.05) is 44.2 Å². The summed E-state index contributed by atoms with van der Waals surface area (Å²) in [4.78, 5) is 29.4. The average molecular weight is 392 g/mol. The van der Waals surface area contributed by atoms with Crippen molar-refractivity contribution in [3.8, 4) is 0 Å². The van der Waals surface area contributed by atoms with Gasteiger partial charge in [0.15, 0.2) is 0 Å². The maximum absolute atomic E-state index is 13.3. The SMILES string of the molecule is Cc1cc(C)c(/C(C(=O)Nc2ccccc2Cl)=C2\C(=O)Nc3ccccc32)[nH]1. The lowest BCUT2D eigenvalue weighted by atomic mass is 9.96.